The van der Waals surface area contributed by atoms with Gasteiger partial charge in [0.25, 0.3) is 11.6 Å². The monoisotopic (exact) mass is 361 g/mol. The van der Waals surface area contributed by atoms with Crippen molar-refractivity contribution in [3.63, 3.8) is 0 Å². The minimum Gasteiger partial charge on any atom is -0.449 e. The van der Waals surface area contributed by atoms with E-state index in [-0.39, 0.29) is 11.3 Å². The van der Waals surface area contributed by atoms with Crippen LogP contribution in [-0.4, -0.2) is 34.1 Å². The number of amides is 1. The van der Waals surface area contributed by atoms with Crippen molar-refractivity contribution < 1.29 is 19.2 Å². The second kappa shape index (κ2) is 8.25. The molecule has 0 saturated carbocycles. The predicted octanol–water partition coefficient (Wildman–Crippen LogP) is 2.90. The molecule has 1 heterocycles. The van der Waals surface area contributed by atoms with E-state index in [2.05, 4.69) is 10.3 Å². The Bertz CT molecular complexity index is 795. The van der Waals surface area contributed by atoms with Crippen molar-refractivity contribution in [1.82, 2.24) is 4.98 Å². The summed E-state index contributed by atoms with van der Waals surface area (Å²) in [6.45, 7) is 1.44. The summed E-state index contributed by atoms with van der Waals surface area (Å²) in [7, 11) is 0. The van der Waals surface area contributed by atoms with E-state index in [0.29, 0.717) is 10.7 Å². The number of thioether (sulfide) groups is 1. The largest absolute Gasteiger partial charge is 0.449 e. The highest BCUT2D eigenvalue weighted by Gasteiger charge is 2.21. The summed E-state index contributed by atoms with van der Waals surface area (Å²) in [4.78, 5) is 38.4. The second-order valence-electron chi connectivity index (χ2n) is 4.90. The molecule has 0 aliphatic heterocycles. The first-order valence-corrected chi connectivity index (χ1v) is 8.40. The number of esters is 1. The maximum atomic E-state index is 12.2. The molecule has 2 aromatic rings. The number of aromatic nitrogens is 1. The first-order valence-electron chi connectivity index (χ1n) is 7.17. The van der Waals surface area contributed by atoms with Crippen LogP contribution in [-0.2, 0) is 9.53 Å². The Morgan fingerprint density at radius 3 is 2.56 bits per heavy atom. The number of nitrogens with one attached hydrogen (secondary N) is 1. The Kier molecular flexibility index (Phi) is 6.07. The van der Waals surface area contributed by atoms with E-state index in [1.165, 1.54) is 43.0 Å². The van der Waals surface area contributed by atoms with E-state index >= 15 is 0 Å². The van der Waals surface area contributed by atoms with Crippen molar-refractivity contribution in [3.8, 4) is 0 Å². The molecule has 0 aliphatic carbocycles. The molecule has 25 heavy (non-hydrogen) atoms. The van der Waals surface area contributed by atoms with Crippen molar-refractivity contribution in [2.75, 3.05) is 11.6 Å². The molecule has 130 valence electrons. The third kappa shape index (κ3) is 4.77. The van der Waals surface area contributed by atoms with Gasteiger partial charge in [0.2, 0.25) is 0 Å². The first-order chi connectivity index (χ1) is 11.9. The molecule has 0 bridgehead atoms. The van der Waals surface area contributed by atoms with E-state index < -0.39 is 22.9 Å². The Morgan fingerprint density at radius 1 is 1.28 bits per heavy atom. The Hall–Kier alpha value is -2.94. The maximum absolute atomic E-state index is 12.2. The van der Waals surface area contributed by atoms with Gasteiger partial charge in [0.05, 0.1) is 10.5 Å². The highest BCUT2D eigenvalue weighted by Crippen LogP contribution is 2.19. The SMILES string of the molecule is CSc1ncccc1C(=O)OC(C)C(=O)Nc1ccc([N+](=O)[O-])cc1. The third-order valence-electron chi connectivity index (χ3n) is 3.18. The highest BCUT2D eigenvalue weighted by atomic mass is 32.2. The summed E-state index contributed by atoms with van der Waals surface area (Å²) in [6.07, 6.45) is 2.30. The zero-order valence-corrected chi connectivity index (χ0v) is 14.3. The number of non-ortho nitro benzene ring substituents is 1. The lowest BCUT2D eigenvalue weighted by Crippen LogP contribution is -2.30. The molecule has 8 nitrogen and oxygen atoms in total. The third-order valence-corrected chi connectivity index (χ3v) is 3.90. The van der Waals surface area contributed by atoms with Gasteiger partial charge in [-0.25, -0.2) is 9.78 Å². The van der Waals surface area contributed by atoms with Gasteiger partial charge in [0.15, 0.2) is 6.10 Å². The lowest BCUT2D eigenvalue weighted by Gasteiger charge is -2.14. The van der Waals surface area contributed by atoms with Crippen LogP contribution in [0.1, 0.15) is 17.3 Å². The van der Waals surface area contributed by atoms with E-state index in [1.807, 2.05) is 0 Å². The van der Waals surface area contributed by atoms with Gasteiger partial charge < -0.3 is 10.1 Å². The van der Waals surface area contributed by atoms with Crippen molar-refractivity contribution in [2.24, 2.45) is 0 Å². The zero-order chi connectivity index (χ0) is 18.4. The maximum Gasteiger partial charge on any atom is 0.341 e. The average molecular weight is 361 g/mol. The van der Waals surface area contributed by atoms with Gasteiger partial charge >= 0.3 is 5.97 Å². The van der Waals surface area contributed by atoms with Crippen LogP contribution < -0.4 is 5.32 Å². The number of carbonyl (C=O) groups is 2. The lowest BCUT2D eigenvalue weighted by atomic mass is 10.2. The van der Waals surface area contributed by atoms with Crippen LogP contribution in [0.5, 0.6) is 0 Å². The molecule has 1 atom stereocenters. The van der Waals surface area contributed by atoms with Crippen LogP contribution in [0, 0.1) is 10.1 Å². The molecule has 2 rings (SSSR count). The van der Waals surface area contributed by atoms with Gasteiger partial charge in [-0.2, -0.15) is 0 Å². The molecular weight excluding hydrogens is 346 g/mol. The van der Waals surface area contributed by atoms with E-state index in [0.717, 1.165) is 0 Å². The quantitative estimate of drug-likeness (QED) is 0.364. The summed E-state index contributed by atoms with van der Waals surface area (Å²) in [6, 6.07) is 8.52. The van der Waals surface area contributed by atoms with E-state index in [9.17, 15) is 19.7 Å². The topological polar surface area (TPSA) is 111 Å². The second-order valence-corrected chi connectivity index (χ2v) is 5.70. The number of carbonyl (C=O) groups excluding carboxylic acids is 2. The van der Waals surface area contributed by atoms with Gasteiger partial charge in [0, 0.05) is 24.0 Å². The molecule has 0 fully saturated rings. The molecule has 1 aromatic carbocycles. The Labute approximate surface area is 147 Å². The molecule has 9 heteroatoms. The molecule has 1 N–H and O–H groups in total. The van der Waals surface area contributed by atoms with Crippen LogP contribution in [0.4, 0.5) is 11.4 Å². The summed E-state index contributed by atoms with van der Waals surface area (Å²) in [5.41, 5.74) is 0.563. The smallest absolute Gasteiger partial charge is 0.341 e. The minimum atomic E-state index is -1.04. The van der Waals surface area contributed by atoms with Crippen LogP contribution in [0.3, 0.4) is 0 Å². The fraction of sp³-hybridized carbons (Fsp3) is 0.188. The van der Waals surface area contributed by atoms with Crippen molar-refractivity contribution in [1.29, 1.82) is 0 Å². The summed E-state index contributed by atoms with van der Waals surface area (Å²) in [5.74, 6) is -1.19. The Balaban J connectivity index is 2.00. The molecule has 0 radical (unpaired) electrons. The van der Waals surface area contributed by atoms with Gasteiger partial charge in [-0.15, -0.1) is 11.8 Å². The van der Waals surface area contributed by atoms with Gasteiger partial charge in [-0.1, -0.05) is 0 Å². The fourth-order valence-corrected chi connectivity index (χ4v) is 2.43. The number of hydrogen-bond donors (Lipinski definition) is 1. The lowest BCUT2D eigenvalue weighted by molar-refractivity contribution is -0.384. The number of nitro groups is 1. The molecule has 1 unspecified atom stereocenters. The average Bonchev–Trinajstić information content (AvgIpc) is 2.61. The molecule has 1 amide bonds. The van der Waals surface area contributed by atoms with Gasteiger partial charge in [-0.05, 0) is 37.4 Å². The van der Waals surface area contributed by atoms with E-state index in [4.69, 9.17) is 4.74 Å². The number of hydrogen-bond acceptors (Lipinski definition) is 7. The standard InChI is InChI=1S/C16H15N3O5S/c1-10(24-16(21)13-4-3-9-17-15(13)25-2)14(20)18-11-5-7-12(8-6-11)19(22)23/h3-10H,1-2H3,(H,18,20). The van der Waals surface area contributed by atoms with Crippen molar-refractivity contribution in [2.45, 2.75) is 18.1 Å². The van der Waals surface area contributed by atoms with Crippen LogP contribution in [0.2, 0.25) is 0 Å². The summed E-state index contributed by atoms with van der Waals surface area (Å²) in [5, 5.41) is 13.6. The van der Waals surface area contributed by atoms with Gasteiger partial charge in [0.1, 0.15) is 5.03 Å². The summed E-state index contributed by atoms with van der Waals surface area (Å²) < 4.78 is 5.16. The molecule has 1 aromatic heterocycles. The number of nitro benzene ring substituents is 1. The molecular formula is C16H15N3O5S. The number of nitrogens with zero attached hydrogens (tertiary/aromatic N) is 2. The minimum absolute atomic E-state index is 0.0846. The van der Waals surface area contributed by atoms with E-state index in [1.54, 1.807) is 24.6 Å². The van der Waals surface area contributed by atoms with Crippen LogP contribution in [0.25, 0.3) is 0 Å². The van der Waals surface area contributed by atoms with Crippen LogP contribution in [0.15, 0.2) is 47.6 Å². The number of pyridine rings is 1. The molecule has 0 spiro atoms. The number of benzene rings is 1. The fourth-order valence-electron chi connectivity index (χ4n) is 1.90. The molecule has 0 saturated heterocycles. The Morgan fingerprint density at radius 2 is 1.96 bits per heavy atom. The normalized spacial score (nSPS) is 11.4. The number of rotatable bonds is 6. The van der Waals surface area contributed by atoms with Crippen molar-refractivity contribution >= 4 is 35.0 Å². The number of anilines is 1. The molecule has 0 aliphatic rings. The zero-order valence-electron chi connectivity index (χ0n) is 13.5. The first kappa shape index (κ1) is 18.4. The van der Waals surface area contributed by atoms with Gasteiger partial charge in [-0.3, -0.25) is 14.9 Å². The highest BCUT2D eigenvalue weighted by molar-refractivity contribution is 7.98. The number of ether oxygens (including phenoxy) is 1. The van der Waals surface area contributed by atoms with Crippen molar-refractivity contribution in [3.05, 3.63) is 58.3 Å². The summed E-state index contributed by atoms with van der Waals surface area (Å²) >= 11 is 1.30. The predicted molar refractivity (Wildman–Crippen MR) is 92.6 cm³/mol. The van der Waals surface area contributed by atoms with Crippen LogP contribution >= 0.6 is 11.8 Å².